The molecule has 0 aliphatic heterocycles. The molecular weight excluding hydrogens is 875 g/mol. The van der Waals surface area contributed by atoms with Gasteiger partial charge in [0, 0.05) is 12.8 Å². The zero-order valence-electron chi connectivity index (χ0n) is 48.0. The Hall–Kier alpha value is -1.66. The first kappa shape index (κ1) is 69.3. The molecule has 0 heterocycles. The Morgan fingerprint density at radius 1 is 0.380 bits per heavy atom. The van der Waals surface area contributed by atoms with Crippen molar-refractivity contribution in [1.82, 2.24) is 5.32 Å². The number of rotatable bonds is 60. The van der Waals surface area contributed by atoms with Crippen molar-refractivity contribution in [3.8, 4) is 0 Å². The second-order valence-electron chi connectivity index (χ2n) is 22.1. The molecule has 0 saturated carbocycles. The highest BCUT2D eigenvalue weighted by atomic mass is 16.5. The molecule has 1 amide bonds. The van der Waals surface area contributed by atoms with Gasteiger partial charge in [-0.15, -0.1) is 0 Å². The first-order valence-electron chi connectivity index (χ1n) is 32.1. The van der Waals surface area contributed by atoms with E-state index in [1.165, 1.54) is 289 Å². The van der Waals surface area contributed by atoms with E-state index in [1.807, 2.05) is 6.08 Å². The van der Waals surface area contributed by atoms with E-state index in [1.54, 1.807) is 6.08 Å². The van der Waals surface area contributed by atoms with Crippen LogP contribution in [0.15, 0.2) is 24.3 Å². The smallest absolute Gasteiger partial charge is 0.305 e. The number of unbranched alkanes of at least 4 members (excludes halogenated alkanes) is 47. The minimum Gasteiger partial charge on any atom is -0.466 e. The fourth-order valence-corrected chi connectivity index (χ4v) is 10.0. The first-order chi connectivity index (χ1) is 35.0. The van der Waals surface area contributed by atoms with Crippen molar-refractivity contribution in [2.45, 2.75) is 366 Å². The maximum absolute atomic E-state index is 12.4. The van der Waals surface area contributed by atoms with Crippen LogP contribution in [0.25, 0.3) is 0 Å². The monoisotopic (exact) mass is 1000 g/mol. The van der Waals surface area contributed by atoms with Gasteiger partial charge < -0.3 is 20.3 Å². The SMILES string of the molecule is CCCCCCCCC/C=C/C(O)C(CO)NC(=O)CCCCCCCCCCCCCCCC/C=C\CCCCCCCCCCCCCCOC(=O)CCCCCCCCCCCCCCCCC. The Balaban J connectivity index is 3.33. The van der Waals surface area contributed by atoms with Crippen LogP contribution in [0, 0.1) is 0 Å². The molecule has 0 spiro atoms. The van der Waals surface area contributed by atoms with Crippen LogP contribution in [0.4, 0.5) is 0 Å². The van der Waals surface area contributed by atoms with Gasteiger partial charge in [-0.05, 0) is 57.8 Å². The van der Waals surface area contributed by atoms with Crippen LogP contribution in [0.1, 0.15) is 354 Å². The van der Waals surface area contributed by atoms with Crippen LogP contribution < -0.4 is 5.32 Å². The molecule has 0 rings (SSSR count). The van der Waals surface area contributed by atoms with E-state index in [2.05, 4.69) is 31.3 Å². The lowest BCUT2D eigenvalue weighted by Crippen LogP contribution is -2.45. The molecule has 6 heteroatoms. The quantitative estimate of drug-likeness (QED) is 0.0320. The molecule has 0 aromatic heterocycles. The fraction of sp³-hybridized carbons (Fsp3) is 0.908. The van der Waals surface area contributed by atoms with Gasteiger partial charge in [-0.25, -0.2) is 0 Å². The Labute approximate surface area is 443 Å². The van der Waals surface area contributed by atoms with Crippen LogP contribution >= 0.6 is 0 Å². The molecule has 0 aromatic carbocycles. The van der Waals surface area contributed by atoms with Gasteiger partial charge in [0.2, 0.25) is 5.91 Å². The van der Waals surface area contributed by atoms with Crippen molar-refractivity contribution in [2.75, 3.05) is 13.2 Å². The summed E-state index contributed by atoms with van der Waals surface area (Å²) in [5.74, 6) is -0.0482. The van der Waals surface area contributed by atoms with Crippen LogP contribution in [-0.4, -0.2) is 47.4 Å². The summed E-state index contributed by atoms with van der Waals surface area (Å²) in [6, 6.07) is -0.624. The minimum atomic E-state index is -0.840. The first-order valence-corrected chi connectivity index (χ1v) is 32.1. The fourth-order valence-electron chi connectivity index (χ4n) is 10.0. The van der Waals surface area contributed by atoms with E-state index in [4.69, 9.17) is 4.74 Å². The van der Waals surface area contributed by atoms with E-state index >= 15 is 0 Å². The van der Waals surface area contributed by atoms with E-state index in [0.717, 1.165) is 38.5 Å². The lowest BCUT2D eigenvalue weighted by molar-refractivity contribution is -0.143. The van der Waals surface area contributed by atoms with E-state index in [0.29, 0.717) is 19.4 Å². The van der Waals surface area contributed by atoms with Gasteiger partial charge >= 0.3 is 5.97 Å². The number of esters is 1. The standard InChI is InChI=1S/C65H125NO5/c1-3-5-7-9-11-13-14-15-32-36-39-43-47-51-55-59-65(70)71-60-56-52-48-44-40-37-34-31-29-27-25-23-21-19-17-16-18-20-22-24-26-28-30-33-35-38-42-46-50-54-58-64(69)66-62(61-67)63(68)57-53-49-45-41-12-10-8-6-4-2/h17,19,53,57,62-63,67-68H,3-16,18,20-52,54-56,58-61H2,1-2H3,(H,66,69)/b19-17-,57-53+. The van der Waals surface area contributed by atoms with Crippen LogP contribution in [0.5, 0.6) is 0 Å². The van der Waals surface area contributed by atoms with Gasteiger partial charge in [-0.1, -0.05) is 308 Å². The number of aliphatic hydroxyl groups is 2. The largest absolute Gasteiger partial charge is 0.466 e. The summed E-state index contributed by atoms with van der Waals surface area (Å²) in [6.45, 7) is 4.90. The predicted octanol–water partition coefficient (Wildman–Crippen LogP) is 20.2. The van der Waals surface area contributed by atoms with Crippen molar-refractivity contribution in [3.63, 3.8) is 0 Å². The zero-order valence-corrected chi connectivity index (χ0v) is 48.0. The molecule has 0 aromatic rings. The number of carbonyl (C=O) groups excluding carboxylic acids is 2. The third-order valence-corrected chi connectivity index (χ3v) is 15.0. The van der Waals surface area contributed by atoms with Crippen LogP contribution in [0.2, 0.25) is 0 Å². The summed E-state index contributed by atoms with van der Waals surface area (Å²) >= 11 is 0. The molecule has 2 unspecified atom stereocenters. The molecule has 0 fully saturated rings. The van der Waals surface area contributed by atoms with Gasteiger partial charge in [-0.3, -0.25) is 9.59 Å². The predicted molar refractivity (Wildman–Crippen MR) is 310 cm³/mol. The topological polar surface area (TPSA) is 95.9 Å². The summed E-state index contributed by atoms with van der Waals surface area (Å²) in [5.41, 5.74) is 0. The average molecular weight is 1000 g/mol. The highest BCUT2D eigenvalue weighted by molar-refractivity contribution is 5.76. The molecule has 420 valence electrons. The van der Waals surface area contributed by atoms with Crippen molar-refractivity contribution in [3.05, 3.63) is 24.3 Å². The van der Waals surface area contributed by atoms with Gasteiger partial charge in [0.1, 0.15) is 0 Å². The number of amides is 1. The summed E-state index contributed by atoms with van der Waals surface area (Å²) in [5, 5.41) is 23.0. The summed E-state index contributed by atoms with van der Waals surface area (Å²) in [6.07, 6.45) is 75.4. The normalized spacial score (nSPS) is 12.7. The number of hydrogen-bond donors (Lipinski definition) is 3. The minimum absolute atomic E-state index is 0.0199. The molecule has 0 saturated heterocycles. The second-order valence-corrected chi connectivity index (χ2v) is 22.1. The van der Waals surface area contributed by atoms with E-state index < -0.39 is 12.1 Å². The number of carbonyl (C=O) groups is 2. The molecule has 0 bridgehead atoms. The Bertz CT molecular complexity index is 1110. The summed E-state index contributed by atoms with van der Waals surface area (Å²) in [4.78, 5) is 24.5. The molecule has 0 aliphatic rings. The third-order valence-electron chi connectivity index (χ3n) is 15.0. The van der Waals surface area contributed by atoms with Gasteiger partial charge in [0.05, 0.1) is 25.4 Å². The highest BCUT2D eigenvalue weighted by Gasteiger charge is 2.18. The lowest BCUT2D eigenvalue weighted by Gasteiger charge is -2.20. The maximum atomic E-state index is 12.4. The van der Waals surface area contributed by atoms with Crippen molar-refractivity contribution in [2.24, 2.45) is 0 Å². The van der Waals surface area contributed by atoms with Gasteiger partial charge in [0.25, 0.3) is 0 Å². The molecular formula is C65H125NO5. The summed E-state index contributed by atoms with van der Waals surface area (Å²) < 4.78 is 5.49. The number of hydrogen-bond acceptors (Lipinski definition) is 5. The Morgan fingerprint density at radius 3 is 1.00 bits per heavy atom. The molecule has 0 radical (unpaired) electrons. The molecule has 0 aliphatic carbocycles. The lowest BCUT2D eigenvalue weighted by atomic mass is 10.0. The molecule has 71 heavy (non-hydrogen) atoms. The van der Waals surface area contributed by atoms with E-state index in [9.17, 15) is 19.8 Å². The maximum Gasteiger partial charge on any atom is 0.305 e. The number of nitrogens with one attached hydrogen (secondary N) is 1. The number of allylic oxidation sites excluding steroid dienone is 3. The summed E-state index contributed by atoms with van der Waals surface area (Å²) in [7, 11) is 0. The Morgan fingerprint density at radius 2 is 0.662 bits per heavy atom. The molecule has 3 N–H and O–H groups in total. The average Bonchev–Trinajstić information content (AvgIpc) is 3.37. The van der Waals surface area contributed by atoms with Crippen LogP contribution in [-0.2, 0) is 14.3 Å². The van der Waals surface area contributed by atoms with Crippen LogP contribution in [0.3, 0.4) is 0 Å². The molecule has 2 atom stereocenters. The van der Waals surface area contributed by atoms with Gasteiger partial charge in [-0.2, -0.15) is 0 Å². The van der Waals surface area contributed by atoms with Crippen molar-refractivity contribution >= 4 is 11.9 Å². The van der Waals surface area contributed by atoms with Gasteiger partial charge in [0.15, 0.2) is 0 Å². The Kier molecular flexibility index (Phi) is 59.5. The third kappa shape index (κ3) is 57.5. The number of ether oxygens (including phenoxy) is 1. The number of aliphatic hydroxyl groups excluding tert-OH is 2. The second kappa shape index (κ2) is 60.9. The van der Waals surface area contributed by atoms with Crippen molar-refractivity contribution < 1.29 is 24.5 Å². The van der Waals surface area contributed by atoms with Crippen molar-refractivity contribution in [1.29, 1.82) is 0 Å². The highest BCUT2D eigenvalue weighted by Crippen LogP contribution is 2.18. The zero-order chi connectivity index (χ0) is 51.4. The molecule has 6 nitrogen and oxygen atoms in total. The van der Waals surface area contributed by atoms with E-state index in [-0.39, 0.29) is 18.5 Å².